The third-order valence-electron chi connectivity index (χ3n) is 2.36. The maximum absolute atomic E-state index is 13.5. The molecule has 0 aliphatic carbocycles. The molecule has 1 saturated heterocycles. The number of nitrogens with zero attached hydrogens (tertiary/aromatic N) is 1. The second-order valence-electron chi connectivity index (χ2n) is 3.58. The first-order valence-electron chi connectivity index (χ1n) is 4.62. The van der Waals surface area contributed by atoms with Crippen LogP contribution in [0.5, 0.6) is 0 Å². The molecule has 1 atom stereocenters. The van der Waals surface area contributed by atoms with Crippen LogP contribution in [-0.4, -0.2) is 23.7 Å². The Labute approximate surface area is 95.2 Å². The number of halogens is 3. The van der Waals surface area contributed by atoms with Gasteiger partial charge >= 0.3 is 0 Å². The zero-order valence-electron chi connectivity index (χ0n) is 8.08. The molecule has 1 fully saturated rings. The van der Waals surface area contributed by atoms with Crippen molar-refractivity contribution in [2.24, 2.45) is 0 Å². The standard InChI is InChI=1S/C10H8ClF2NO2/c11-7-1-5(12)2-8(13)10(7)14-4-6(15)3-9(14)16/h1-2,6,15H,3-4H2. The van der Waals surface area contributed by atoms with Gasteiger partial charge in [0, 0.05) is 6.07 Å². The highest BCUT2D eigenvalue weighted by Gasteiger charge is 2.32. The van der Waals surface area contributed by atoms with Gasteiger partial charge in [0.1, 0.15) is 5.82 Å². The summed E-state index contributed by atoms with van der Waals surface area (Å²) in [6.45, 7) is -0.0267. The minimum Gasteiger partial charge on any atom is -0.391 e. The van der Waals surface area contributed by atoms with Crippen molar-refractivity contribution >= 4 is 23.2 Å². The summed E-state index contributed by atoms with van der Waals surface area (Å²) in [4.78, 5) is 12.5. The number of anilines is 1. The molecular weight excluding hydrogens is 240 g/mol. The lowest BCUT2D eigenvalue weighted by molar-refractivity contribution is -0.117. The van der Waals surface area contributed by atoms with E-state index in [9.17, 15) is 18.7 Å². The average Bonchev–Trinajstić information content (AvgIpc) is 2.43. The van der Waals surface area contributed by atoms with Gasteiger partial charge in [-0.15, -0.1) is 0 Å². The topological polar surface area (TPSA) is 40.5 Å². The van der Waals surface area contributed by atoms with Crippen LogP contribution in [0.25, 0.3) is 0 Å². The Morgan fingerprint density at radius 1 is 1.44 bits per heavy atom. The highest BCUT2D eigenvalue weighted by atomic mass is 35.5. The monoisotopic (exact) mass is 247 g/mol. The molecule has 86 valence electrons. The van der Waals surface area contributed by atoms with Gasteiger partial charge in [0.05, 0.1) is 29.8 Å². The van der Waals surface area contributed by atoms with Gasteiger partial charge in [-0.2, -0.15) is 0 Å². The van der Waals surface area contributed by atoms with Crippen LogP contribution >= 0.6 is 11.6 Å². The van der Waals surface area contributed by atoms with Crippen LogP contribution in [0.15, 0.2) is 12.1 Å². The summed E-state index contributed by atoms with van der Waals surface area (Å²) >= 11 is 5.67. The lowest BCUT2D eigenvalue weighted by Crippen LogP contribution is -2.26. The highest BCUT2D eigenvalue weighted by molar-refractivity contribution is 6.33. The number of aliphatic hydroxyl groups is 1. The molecule has 0 aromatic heterocycles. The van der Waals surface area contributed by atoms with Crippen LogP contribution in [0.3, 0.4) is 0 Å². The number of hydrogen-bond donors (Lipinski definition) is 1. The smallest absolute Gasteiger partial charge is 0.229 e. The van der Waals surface area contributed by atoms with Crippen LogP contribution in [0.4, 0.5) is 14.5 Å². The molecule has 0 saturated carbocycles. The Morgan fingerprint density at radius 3 is 2.62 bits per heavy atom. The summed E-state index contributed by atoms with van der Waals surface area (Å²) in [5, 5.41) is 9.08. The number of rotatable bonds is 1. The first kappa shape index (κ1) is 11.3. The zero-order chi connectivity index (χ0) is 11.9. The molecule has 1 heterocycles. The molecule has 1 aliphatic rings. The third kappa shape index (κ3) is 1.88. The fourth-order valence-corrected chi connectivity index (χ4v) is 1.99. The van der Waals surface area contributed by atoms with Crippen molar-refractivity contribution in [1.29, 1.82) is 0 Å². The number of carbonyl (C=O) groups excluding carboxylic acids is 1. The van der Waals surface area contributed by atoms with Crippen molar-refractivity contribution in [1.82, 2.24) is 0 Å². The fraction of sp³-hybridized carbons (Fsp3) is 0.300. The predicted molar refractivity (Wildman–Crippen MR) is 54.3 cm³/mol. The van der Waals surface area contributed by atoms with Gasteiger partial charge in [-0.1, -0.05) is 11.6 Å². The Morgan fingerprint density at radius 2 is 2.12 bits per heavy atom. The Balaban J connectivity index is 2.44. The van der Waals surface area contributed by atoms with Crippen molar-refractivity contribution in [3.8, 4) is 0 Å². The number of amides is 1. The van der Waals surface area contributed by atoms with Crippen LogP contribution in [0.1, 0.15) is 6.42 Å². The second-order valence-corrected chi connectivity index (χ2v) is 3.99. The Hall–Kier alpha value is -1.20. The van der Waals surface area contributed by atoms with Crippen LogP contribution < -0.4 is 4.90 Å². The van der Waals surface area contributed by atoms with Gasteiger partial charge in [0.25, 0.3) is 0 Å². The van der Waals surface area contributed by atoms with Crippen molar-refractivity contribution in [3.05, 3.63) is 28.8 Å². The molecule has 1 aliphatic heterocycles. The van der Waals surface area contributed by atoms with E-state index < -0.39 is 23.6 Å². The molecule has 16 heavy (non-hydrogen) atoms. The lowest BCUT2D eigenvalue weighted by Gasteiger charge is -2.18. The van der Waals surface area contributed by atoms with E-state index in [4.69, 9.17) is 11.6 Å². The first-order valence-corrected chi connectivity index (χ1v) is 5.00. The van der Waals surface area contributed by atoms with Gasteiger partial charge in [0.2, 0.25) is 5.91 Å². The molecule has 0 radical (unpaired) electrons. The fourth-order valence-electron chi connectivity index (χ4n) is 1.70. The quantitative estimate of drug-likeness (QED) is 0.821. The Kier molecular flexibility index (Phi) is 2.82. The maximum atomic E-state index is 13.5. The summed E-state index contributed by atoms with van der Waals surface area (Å²) in [5.41, 5.74) is -0.176. The van der Waals surface area contributed by atoms with E-state index in [0.717, 1.165) is 11.0 Å². The summed E-state index contributed by atoms with van der Waals surface area (Å²) in [6, 6.07) is 1.58. The van der Waals surface area contributed by atoms with Crippen LogP contribution in [0, 0.1) is 11.6 Å². The second kappa shape index (κ2) is 3.99. The molecule has 0 spiro atoms. The first-order chi connectivity index (χ1) is 7.49. The van der Waals surface area contributed by atoms with E-state index >= 15 is 0 Å². The number of carbonyl (C=O) groups is 1. The average molecular weight is 248 g/mol. The van der Waals surface area contributed by atoms with Crippen molar-refractivity contribution in [2.75, 3.05) is 11.4 Å². The van der Waals surface area contributed by atoms with Gasteiger partial charge in [-0.05, 0) is 6.07 Å². The molecule has 1 amide bonds. The number of hydrogen-bond acceptors (Lipinski definition) is 2. The molecule has 6 heteroatoms. The molecule has 1 unspecified atom stereocenters. The van der Waals surface area contributed by atoms with Crippen molar-refractivity contribution in [2.45, 2.75) is 12.5 Å². The zero-order valence-corrected chi connectivity index (χ0v) is 8.84. The van der Waals surface area contributed by atoms with E-state index in [2.05, 4.69) is 0 Å². The summed E-state index contributed by atoms with van der Waals surface area (Å²) in [6.07, 6.45) is -0.916. The summed E-state index contributed by atoms with van der Waals surface area (Å²) in [7, 11) is 0. The lowest BCUT2D eigenvalue weighted by atomic mass is 10.2. The van der Waals surface area contributed by atoms with Gasteiger partial charge in [-0.25, -0.2) is 8.78 Å². The Bertz CT molecular complexity index is 429. The van der Waals surface area contributed by atoms with Gasteiger partial charge in [0.15, 0.2) is 5.82 Å². The number of benzene rings is 1. The van der Waals surface area contributed by atoms with Gasteiger partial charge in [-0.3, -0.25) is 4.79 Å². The normalized spacial score (nSPS) is 20.6. The third-order valence-corrected chi connectivity index (χ3v) is 2.64. The van der Waals surface area contributed by atoms with Crippen LogP contribution in [0.2, 0.25) is 5.02 Å². The molecule has 0 bridgehead atoms. The molecule has 1 aromatic rings. The minimum atomic E-state index is -0.910. The van der Waals surface area contributed by atoms with Crippen molar-refractivity contribution in [3.63, 3.8) is 0 Å². The van der Waals surface area contributed by atoms with E-state index in [1.54, 1.807) is 0 Å². The number of β-amino-alcohol motifs (C(OH)–C–C–N with tert-alkyl or cyclic N) is 1. The van der Waals surface area contributed by atoms with Crippen molar-refractivity contribution < 1.29 is 18.7 Å². The molecule has 3 nitrogen and oxygen atoms in total. The van der Waals surface area contributed by atoms with E-state index in [1.807, 2.05) is 0 Å². The summed E-state index contributed by atoms with van der Waals surface area (Å²) in [5.74, 6) is -2.15. The highest BCUT2D eigenvalue weighted by Crippen LogP contribution is 2.32. The largest absolute Gasteiger partial charge is 0.391 e. The van der Waals surface area contributed by atoms with E-state index in [0.29, 0.717) is 6.07 Å². The summed E-state index contributed by atoms with van der Waals surface area (Å²) < 4.78 is 26.3. The molecule has 2 rings (SSSR count). The van der Waals surface area contributed by atoms with Gasteiger partial charge < -0.3 is 10.0 Å². The molecular formula is C10H8ClF2NO2. The van der Waals surface area contributed by atoms with E-state index in [1.165, 1.54) is 0 Å². The van der Waals surface area contributed by atoms with E-state index in [-0.39, 0.29) is 23.7 Å². The minimum absolute atomic E-state index is 0.0267. The number of aliphatic hydroxyl groups excluding tert-OH is 1. The SMILES string of the molecule is O=C1CC(O)CN1c1c(F)cc(F)cc1Cl. The maximum Gasteiger partial charge on any atom is 0.229 e. The predicted octanol–water partition coefficient (Wildman–Crippen LogP) is 1.72. The molecule has 1 aromatic carbocycles. The molecule has 1 N–H and O–H groups in total. The van der Waals surface area contributed by atoms with Crippen LogP contribution in [-0.2, 0) is 4.79 Å².